The van der Waals surface area contributed by atoms with E-state index in [9.17, 15) is 27.9 Å². The lowest BCUT2D eigenvalue weighted by atomic mass is 9.82. The summed E-state index contributed by atoms with van der Waals surface area (Å²) in [5.41, 5.74) is -1.84. The molecule has 3 atom stereocenters. The third-order valence-corrected chi connectivity index (χ3v) is 10.2. The van der Waals surface area contributed by atoms with E-state index < -0.39 is 63.5 Å². The Labute approximate surface area is 338 Å². The van der Waals surface area contributed by atoms with E-state index in [1.54, 1.807) is 46.6 Å². The number of amides is 4. The molecule has 4 amide bonds. The van der Waals surface area contributed by atoms with Gasteiger partial charge in [0.25, 0.3) is 0 Å². The van der Waals surface area contributed by atoms with E-state index in [4.69, 9.17) is 22.6 Å². The van der Waals surface area contributed by atoms with E-state index in [1.807, 2.05) is 6.92 Å². The normalized spacial score (nSPS) is 18.6. The van der Waals surface area contributed by atoms with Crippen molar-refractivity contribution in [3.63, 3.8) is 0 Å². The van der Waals surface area contributed by atoms with Gasteiger partial charge in [-0.1, -0.05) is 71.4 Å². The van der Waals surface area contributed by atoms with Crippen LogP contribution in [0.2, 0.25) is 0 Å². The number of urea groups is 1. The molecule has 0 saturated carbocycles. The number of carbonyl (C=O) groups excluding carboxylic acids is 3. The number of unbranched alkanes of at least 4 members (excludes halogenated alkanes) is 3. The minimum atomic E-state index is -4.70. The lowest BCUT2D eigenvalue weighted by Crippen LogP contribution is -2.51. The van der Waals surface area contributed by atoms with Crippen LogP contribution < -0.4 is 10.6 Å². The number of aliphatic hydroxyl groups is 1. The Bertz CT molecular complexity index is 1600. The maximum absolute atomic E-state index is 13.7. The summed E-state index contributed by atoms with van der Waals surface area (Å²) in [6, 6.07) is -0.304. The number of carbonyl (C=O) groups is 3. The maximum Gasteiger partial charge on any atom is 0.437 e. The second-order valence-corrected chi connectivity index (χ2v) is 17.9. The summed E-state index contributed by atoms with van der Waals surface area (Å²) in [4.78, 5) is 43.8. The van der Waals surface area contributed by atoms with Gasteiger partial charge in [-0.05, 0) is 80.1 Å². The number of hydroxylamine groups is 4. The predicted molar refractivity (Wildman–Crippen MR) is 212 cm³/mol. The van der Waals surface area contributed by atoms with Crippen LogP contribution >= 0.6 is 0 Å². The van der Waals surface area contributed by atoms with Gasteiger partial charge >= 0.3 is 28.6 Å². The quantitative estimate of drug-likeness (QED) is 0.0674. The second kappa shape index (κ2) is 20.9. The molecule has 0 spiro atoms. The van der Waals surface area contributed by atoms with Gasteiger partial charge in [-0.25, -0.2) is 14.4 Å². The summed E-state index contributed by atoms with van der Waals surface area (Å²) < 4.78 is 54.5. The van der Waals surface area contributed by atoms with E-state index in [0.29, 0.717) is 25.1 Å². The number of aliphatic imine (C=N–C) groups is 1. The number of hydrogen-bond acceptors (Lipinski definition) is 13. The summed E-state index contributed by atoms with van der Waals surface area (Å²) in [6.07, 6.45) is 6.14. The third kappa shape index (κ3) is 14.7. The first-order valence-electron chi connectivity index (χ1n) is 20.4. The maximum atomic E-state index is 13.7. The third-order valence-electron chi connectivity index (χ3n) is 9.52. The molecule has 3 rings (SSSR count). The predicted octanol–water partition coefficient (Wildman–Crippen LogP) is 7.18. The Kier molecular flexibility index (Phi) is 17.6. The van der Waals surface area contributed by atoms with Gasteiger partial charge in [-0.2, -0.15) is 22.8 Å². The zero-order chi connectivity index (χ0) is 42.6. The number of guanidine groups is 1. The number of rotatable bonds is 20. The molecular formula is C38H67N7O11S. The van der Waals surface area contributed by atoms with Crippen molar-refractivity contribution in [3.05, 3.63) is 17.5 Å². The summed E-state index contributed by atoms with van der Waals surface area (Å²) in [6.45, 7) is 18.6. The van der Waals surface area contributed by atoms with Crippen LogP contribution in [-0.4, -0.2) is 100 Å². The molecule has 57 heavy (non-hydrogen) atoms. The van der Waals surface area contributed by atoms with Gasteiger partial charge in [-0.15, -0.1) is 9.28 Å². The summed E-state index contributed by atoms with van der Waals surface area (Å²) in [5.74, 6) is -0.304. The van der Waals surface area contributed by atoms with Crippen molar-refractivity contribution in [2.24, 2.45) is 4.99 Å². The van der Waals surface area contributed by atoms with E-state index in [0.717, 1.165) is 69.3 Å². The van der Waals surface area contributed by atoms with E-state index in [2.05, 4.69) is 41.6 Å². The molecule has 1 aromatic rings. The van der Waals surface area contributed by atoms with Gasteiger partial charge < -0.3 is 29.3 Å². The van der Waals surface area contributed by atoms with Gasteiger partial charge in [0.2, 0.25) is 5.96 Å². The topological polar surface area (TPSA) is 215 Å². The van der Waals surface area contributed by atoms with Crippen LogP contribution in [0, 0.1) is 0 Å². The number of fused-ring (bicyclic) bond motifs is 2. The molecular weight excluding hydrogens is 763 g/mol. The minimum Gasteiger partial charge on any atom is -0.444 e. The molecule has 3 N–H and O–H groups in total. The largest absolute Gasteiger partial charge is 0.444 e. The molecule has 0 radical (unpaired) electrons. The van der Waals surface area contributed by atoms with E-state index in [-0.39, 0.29) is 24.8 Å². The minimum absolute atomic E-state index is 0.0260. The molecule has 2 fully saturated rings. The molecule has 0 aromatic carbocycles. The van der Waals surface area contributed by atoms with Crippen LogP contribution in [0.3, 0.4) is 0 Å². The Morgan fingerprint density at radius 3 is 2.19 bits per heavy atom. The Balaban J connectivity index is 1.73. The van der Waals surface area contributed by atoms with Crippen molar-refractivity contribution in [1.29, 1.82) is 0 Å². The standard InChI is InChI=1S/C38H67N7O11S/c1-11-15-21-38(20-14-4,22-16-12-2)44(23-17-13-3)55-57(50,51)56-45-27-18-19-29(43(26-27)35(45)49)28-24-31(54-42-28)30(46)25-39-32(40-33(47)52-36(5,6)7)41-34(48)53-37(8,9)10/h24,27,29-30,46H,11-23,25-26H2,1-10H3,(H2,39,40,41,47,48)/t27-,29-,30+/m0/s1. The molecule has 2 aliphatic heterocycles. The smallest absolute Gasteiger partial charge is 0.437 e. The van der Waals surface area contributed by atoms with Crippen molar-refractivity contribution >= 4 is 34.6 Å². The fraction of sp³-hybridized carbons (Fsp3) is 0.816. The van der Waals surface area contributed by atoms with Crippen LogP contribution in [-0.2, 0) is 28.4 Å². The van der Waals surface area contributed by atoms with Crippen LogP contribution in [0.25, 0.3) is 0 Å². The van der Waals surface area contributed by atoms with Gasteiger partial charge in [0.1, 0.15) is 23.0 Å². The van der Waals surface area contributed by atoms with Gasteiger partial charge in [0.15, 0.2) is 5.76 Å². The summed E-state index contributed by atoms with van der Waals surface area (Å²) in [7, 11) is -4.70. The molecule has 19 heteroatoms. The number of piperidine rings is 1. The van der Waals surface area contributed by atoms with Gasteiger partial charge in [0, 0.05) is 24.7 Å². The van der Waals surface area contributed by atoms with Crippen LogP contribution in [0.5, 0.6) is 0 Å². The summed E-state index contributed by atoms with van der Waals surface area (Å²) in [5, 5.41) is 22.7. The molecule has 0 aliphatic carbocycles. The number of alkyl carbamates (subject to hydrolysis) is 1. The highest BCUT2D eigenvalue weighted by atomic mass is 32.3. The highest BCUT2D eigenvalue weighted by molar-refractivity contribution is 7.81. The van der Waals surface area contributed by atoms with Crippen LogP contribution in [0.15, 0.2) is 15.6 Å². The Morgan fingerprint density at radius 2 is 1.61 bits per heavy atom. The zero-order valence-electron chi connectivity index (χ0n) is 35.6. The number of aliphatic hydroxyl groups excluding tert-OH is 1. The first-order chi connectivity index (χ1) is 26.7. The van der Waals surface area contributed by atoms with Crippen molar-refractivity contribution in [2.75, 3.05) is 19.6 Å². The number of hydrogen-bond donors (Lipinski definition) is 3. The Hall–Kier alpha value is -3.52. The van der Waals surface area contributed by atoms with Crippen LogP contribution in [0.4, 0.5) is 14.4 Å². The van der Waals surface area contributed by atoms with E-state index in [1.165, 1.54) is 11.0 Å². The van der Waals surface area contributed by atoms with Gasteiger partial charge in [0.05, 0.1) is 18.6 Å². The number of aromatic nitrogens is 1. The fourth-order valence-electron chi connectivity index (χ4n) is 6.94. The molecule has 0 unspecified atom stereocenters. The first kappa shape index (κ1) is 47.9. The van der Waals surface area contributed by atoms with Gasteiger partial charge in [-0.3, -0.25) is 5.32 Å². The van der Waals surface area contributed by atoms with Crippen LogP contribution in [0.1, 0.15) is 170 Å². The Morgan fingerprint density at radius 1 is 0.982 bits per heavy atom. The number of nitrogens with zero attached hydrogens (tertiary/aromatic N) is 5. The summed E-state index contributed by atoms with van der Waals surface area (Å²) >= 11 is 0. The lowest BCUT2D eigenvalue weighted by Gasteiger charge is -2.43. The molecule has 1 aromatic heterocycles. The highest BCUT2D eigenvalue weighted by Gasteiger charge is 2.49. The number of nitrogens with one attached hydrogen (secondary N) is 2. The van der Waals surface area contributed by atoms with Crippen molar-refractivity contribution in [2.45, 2.75) is 181 Å². The highest BCUT2D eigenvalue weighted by Crippen LogP contribution is 2.40. The zero-order valence-corrected chi connectivity index (χ0v) is 36.4. The molecule has 3 heterocycles. The number of ether oxygens (including phenoxy) is 2. The van der Waals surface area contributed by atoms with Crippen molar-refractivity contribution in [3.8, 4) is 0 Å². The molecule has 326 valence electrons. The average molecular weight is 830 g/mol. The van der Waals surface area contributed by atoms with Crippen molar-refractivity contribution in [1.82, 2.24) is 30.8 Å². The second-order valence-electron chi connectivity index (χ2n) is 16.8. The monoisotopic (exact) mass is 829 g/mol. The lowest BCUT2D eigenvalue weighted by molar-refractivity contribution is -0.172. The average Bonchev–Trinajstić information content (AvgIpc) is 3.68. The molecule has 18 nitrogen and oxygen atoms in total. The van der Waals surface area contributed by atoms with E-state index >= 15 is 0 Å². The SMILES string of the molecule is CCCCN(OS(=O)(=O)ON1C(=O)N2C[C@@H]1CC[C@H]2c1cc([C@H](O)CNC(=NC(=O)OC(C)(C)C)NC(=O)OC(C)(C)C)on1)C(CCC)(CCCC)CCCC. The molecule has 2 saturated heterocycles. The van der Waals surface area contributed by atoms with Crippen molar-refractivity contribution < 1.29 is 50.5 Å². The fourth-order valence-corrected chi connectivity index (χ4v) is 7.80. The molecule has 2 aliphatic rings. The molecule has 2 bridgehead atoms. The first-order valence-corrected chi connectivity index (χ1v) is 21.7.